The maximum atomic E-state index is 6.86. The van der Waals surface area contributed by atoms with Crippen molar-refractivity contribution < 1.29 is 18.9 Å². The molecule has 2 heterocycles. The third kappa shape index (κ3) is 2.65. The number of fused-ring (bicyclic) bond motifs is 3. The van der Waals surface area contributed by atoms with Gasteiger partial charge in [-0.15, -0.1) is 0 Å². The quantitative estimate of drug-likeness (QED) is 0.665. The predicted octanol–water partition coefficient (Wildman–Crippen LogP) is 4.17. The molecule has 3 saturated carbocycles. The lowest BCUT2D eigenvalue weighted by Gasteiger charge is -2.52. The molecule has 2 aliphatic heterocycles. The van der Waals surface area contributed by atoms with E-state index in [1.807, 2.05) is 0 Å². The summed E-state index contributed by atoms with van der Waals surface area (Å²) in [4.78, 5) is 0. The molecule has 0 radical (unpaired) electrons. The van der Waals surface area contributed by atoms with E-state index < -0.39 is 0 Å². The van der Waals surface area contributed by atoms with Crippen LogP contribution in [0, 0.1) is 11.8 Å². The second-order valence-corrected chi connectivity index (χ2v) is 8.99. The first-order valence-corrected chi connectivity index (χ1v) is 10.3. The molecule has 3 aliphatic carbocycles. The first-order valence-electron chi connectivity index (χ1n) is 10.3. The van der Waals surface area contributed by atoms with Crippen molar-refractivity contribution in [2.24, 2.45) is 11.8 Å². The molecule has 5 aliphatic rings. The zero-order valence-corrected chi connectivity index (χ0v) is 14.9. The van der Waals surface area contributed by atoms with Crippen LogP contribution >= 0.6 is 0 Å². The Balaban J connectivity index is 1.34. The zero-order chi connectivity index (χ0) is 16.1. The lowest BCUT2D eigenvalue weighted by molar-refractivity contribution is -0.374. The topological polar surface area (TPSA) is 36.9 Å². The molecule has 4 heteroatoms. The summed E-state index contributed by atoms with van der Waals surface area (Å²) in [6, 6.07) is 0. The number of hydrogen-bond donors (Lipinski definition) is 0. The van der Waals surface area contributed by atoms with Gasteiger partial charge in [-0.3, -0.25) is 0 Å². The van der Waals surface area contributed by atoms with Crippen LogP contribution in [-0.4, -0.2) is 37.0 Å². The molecular weight excluding hydrogens is 304 g/mol. The Kier molecular flexibility index (Phi) is 3.97. The molecule has 2 saturated heterocycles. The molecule has 24 heavy (non-hydrogen) atoms. The summed E-state index contributed by atoms with van der Waals surface area (Å²) in [6.07, 6.45) is 14.1. The molecule has 4 nitrogen and oxygen atoms in total. The Morgan fingerprint density at radius 2 is 1.67 bits per heavy atom. The standard InChI is InChI=1S/C20H32O4/c1-2-8-19(9-3-1)21-11-4-7-18(15-23-19)10-12-22-20(24-18)14-16-5-6-17(20)13-16/h16-17H,1-15H2. The van der Waals surface area contributed by atoms with Crippen molar-refractivity contribution in [3.05, 3.63) is 0 Å². The van der Waals surface area contributed by atoms with Crippen molar-refractivity contribution in [3.63, 3.8) is 0 Å². The molecule has 4 atom stereocenters. The Bertz CT molecular complexity index is 474. The fourth-order valence-electron chi connectivity index (χ4n) is 6.07. The highest BCUT2D eigenvalue weighted by Crippen LogP contribution is 2.56. The average molecular weight is 336 g/mol. The highest BCUT2D eigenvalue weighted by molar-refractivity contribution is 5.02. The monoisotopic (exact) mass is 336 g/mol. The van der Waals surface area contributed by atoms with Gasteiger partial charge in [-0.2, -0.15) is 0 Å². The molecule has 5 fully saturated rings. The molecule has 5 rings (SSSR count). The molecule has 4 unspecified atom stereocenters. The van der Waals surface area contributed by atoms with Gasteiger partial charge in [0.15, 0.2) is 11.6 Å². The van der Waals surface area contributed by atoms with Crippen LogP contribution in [0.1, 0.15) is 77.0 Å². The van der Waals surface area contributed by atoms with Gasteiger partial charge in [0.25, 0.3) is 0 Å². The van der Waals surface area contributed by atoms with Gasteiger partial charge >= 0.3 is 0 Å². The molecular formula is C20H32O4. The molecule has 0 N–H and O–H groups in total. The summed E-state index contributed by atoms with van der Waals surface area (Å²) < 4.78 is 25.8. The summed E-state index contributed by atoms with van der Waals surface area (Å²) in [5, 5.41) is 0. The van der Waals surface area contributed by atoms with Crippen LogP contribution in [0.5, 0.6) is 0 Å². The first-order chi connectivity index (χ1) is 11.7. The summed E-state index contributed by atoms with van der Waals surface area (Å²) in [5.41, 5.74) is -0.142. The average Bonchev–Trinajstić information content (AvgIpc) is 3.18. The van der Waals surface area contributed by atoms with E-state index in [4.69, 9.17) is 18.9 Å². The van der Waals surface area contributed by atoms with Crippen molar-refractivity contribution in [2.75, 3.05) is 19.8 Å². The van der Waals surface area contributed by atoms with Gasteiger partial charge in [0.05, 0.1) is 25.4 Å². The Hall–Kier alpha value is -0.160. The van der Waals surface area contributed by atoms with Gasteiger partial charge in [-0.25, -0.2) is 0 Å². The highest BCUT2D eigenvalue weighted by atomic mass is 16.7. The SMILES string of the molecule is C1CCC2(CC1)OCCCC1(CCOC3(CC4CCC3C4)O1)CO2. The minimum Gasteiger partial charge on any atom is -0.350 e. The van der Waals surface area contributed by atoms with Gasteiger partial charge in [0, 0.05) is 31.6 Å². The molecule has 136 valence electrons. The third-order valence-electron chi connectivity index (χ3n) is 7.39. The van der Waals surface area contributed by atoms with Crippen molar-refractivity contribution >= 4 is 0 Å². The number of rotatable bonds is 0. The lowest BCUT2D eigenvalue weighted by Crippen LogP contribution is -2.58. The molecule has 2 bridgehead atoms. The van der Waals surface area contributed by atoms with E-state index in [1.54, 1.807) is 0 Å². The van der Waals surface area contributed by atoms with Crippen LogP contribution in [0.25, 0.3) is 0 Å². The smallest absolute Gasteiger partial charge is 0.172 e. The van der Waals surface area contributed by atoms with Crippen molar-refractivity contribution in [2.45, 2.75) is 94.2 Å². The molecule has 3 spiro atoms. The van der Waals surface area contributed by atoms with E-state index in [1.165, 1.54) is 38.5 Å². The van der Waals surface area contributed by atoms with Gasteiger partial charge in [-0.1, -0.05) is 6.42 Å². The predicted molar refractivity (Wildman–Crippen MR) is 89.5 cm³/mol. The fraction of sp³-hybridized carbons (Fsp3) is 1.00. The minimum absolute atomic E-state index is 0.142. The van der Waals surface area contributed by atoms with Crippen LogP contribution in [-0.2, 0) is 18.9 Å². The normalized spacial score (nSPS) is 48.0. The van der Waals surface area contributed by atoms with Crippen LogP contribution in [0.15, 0.2) is 0 Å². The zero-order valence-electron chi connectivity index (χ0n) is 14.9. The first kappa shape index (κ1) is 16.0. The maximum absolute atomic E-state index is 6.86. The third-order valence-corrected chi connectivity index (χ3v) is 7.39. The van der Waals surface area contributed by atoms with E-state index in [0.717, 1.165) is 57.7 Å². The Morgan fingerprint density at radius 1 is 0.750 bits per heavy atom. The molecule has 0 aromatic heterocycles. The van der Waals surface area contributed by atoms with Crippen molar-refractivity contribution in [3.8, 4) is 0 Å². The Morgan fingerprint density at radius 3 is 2.46 bits per heavy atom. The Labute approximate surface area is 145 Å². The van der Waals surface area contributed by atoms with E-state index in [9.17, 15) is 0 Å². The van der Waals surface area contributed by atoms with Crippen molar-refractivity contribution in [1.82, 2.24) is 0 Å². The van der Waals surface area contributed by atoms with Gasteiger partial charge < -0.3 is 18.9 Å². The van der Waals surface area contributed by atoms with Crippen molar-refractivity contribution in [1.29, 1.82) is 0 Å². The van der Waals surface area contributed by atoms with Crippen LogP contribution in [0.2, 0.25) is 0 Å². The highest BCUT2D eigenvalue weighted by Gasteiger charge is 2.58. The molecule has 0 aromatic carbocycles. The fourth-order valence-corrected chi connectivity index (χ4v) is 6.07. The maximum Gasteiger partial charge on any atom is 0.172 e. The van der Waals surface area contributed by atoms with Gasteiger partial charge in [-0.05, 0) is 50.9 Å². The minimum atomic E-state index is -0.324. The molecule has 0 aromatic rings. The summed E-state index contributed by atoms with van der Waals surface area (Å²) in [5.74, 6) is 0.831. The number of hydrogen-bond acceptors (Lipinski definition) is 4. The van der Waals surface area contributed by atoms with Crippen LogP contribution < -0.4 is 0 Å². The second-order valence-electron chi connectivity index (χ2n) is 8.99. The van der Waals surface area contributed by atoms with E-state index in [0.29, 0.717) is 12.5 Å². The van der Waals surface area contributed by atoms with Gasteiger partial charge in [0.2, 0.25) is 0 Å². The molecule has 0 amide bonds. The van der Waals surface area contributed by atoms with Crippen LogP contribution in [0.3, 0.4) is 0 Å². The van der Waals surface area contributed by atoms with Gasteiger partial charge in [0.1, 0.15) is 0 Å². The number of ether oxygens (including phenoxy) is 4. The lowest BCUT2D eigenvalue weighted by atomic mass is 9.87. The summed E-state index contributed by atoms with van der Waals surface area (Å²) in [7, 11) is 0. The second kappa shape index (κ2) is 5.94. The van der Waals surface area contributed by atoms with E-state index in [-0.39, 0.29) is 17.2 Å². The summed E-state index contributed by atoms with van der Waals surface area (Å²) in [6.45, 7) is 2.33. The largest absolute Gasteiger partial charge is 0.350 e. The summed E-state index contributed by atoms with van der Waals surface area (Å²) >= 11 is 0. The van der Waals surface area contributed by atoms with E-state index in [2.05, 4.69) is 0 Å². The van der Waals surface area contributed by atoms with E-state index >= 15 is 0 Å². The van der Waals surface area contributed by atoms with Crippen LogP contribution in [0.4, 0.5) is 0 Å².